The molecule has 1 saturated heterocycles. The van der Waals surface area contributed by atoms with Crippen LogP contribution in [0.1, 0.15) is 62.9 Å². The third kappa shape index (κ3) is 8.91. The number of rotatable bonds is 13. The van der Waals surface area contributed by atoms with E-state index in [1.165, 1.54) is 18.2 Å². The standard InChI is InChI=1S/C36H42N6O5/c1-24-9-10-26(19-25(24)2)32-22-39-33(23-38-32)41-36(46)30-21-29(42-14-4-3-5-15-42)11-12-31(30)40-35(45)28-8-6-7-27(20-28)34(44)37-13-17-47-18-16-43/h6-12,19-23,35,40,43,45H,3-5,13-18H2,1-2H3,(H,37,44)(H,39,41,46). The molecular formula is C36H42N6O5. The average molecular weight is 639 g/mol. The van der Waals surface area contributed by atoms with Gasteiger partial charge in [0.05, 0.1) is 43.5 Å². The number of benzene rings is 3. The van der Waals surface area contributed by atoms with E-state index in [1.807, 2.05) is 24.3 Å². The van der Waals surface area contributed by atoms with Gasteiger partial charge in [0.2, 0.25) is 0 Å². The van der Waals surface area contributed by atoms with E-state index in [4.69, 9.17) is 9.84 Å². The number of aromatic nitrogens is 2. The Morgan fingerprint density at radius 3 is 2.49 bits per heavy atom. The molecular weight excluding hydrogens is 596 g/mol. The van der Waals surface area contributed by atoms with E-state index < -0.39 is 12.1 Å². The molecule has 246 valence electrons. The Bertz CT molecular complexity index is 1670. The van der Waals surface area contributed by atoms with E-state index in [0.29, 0.717) is 33.9 Å². The third-order valence-electron chi connectivity index (χ3n) is 8.19. The molecule has 11 heteroatoms. The van der Waals surface area contributed by atoms with Crippen LogP contribution in [0.15, 0.2) is 73.1 Å². The van der Waals surface area contributed by atoms with Crippen molar-refractivity contribution in [3.05, 3.63) is 101 Å². The minimum Gasteiger partial charge on any atom is -0.394 e. The number of nitrogens with zero attached hydrogens (tertiary/aromatic N) is 3. The molecule has 47 heavy (non-hydrogen) atoms. The fourth-order valence-corrected chi connectivity index (χ4v) is 5.41. The molecule has 1 fully saturated rings. The van der Waals surface area contributed by atoms with Crippen LogP contribution in [-0.4, -0.2) is 71.5 Å². The van der Waals surface area contributed by atoms with Crippen LogP contribution < -0.4 is 20.9 Å². The second kappa shape index (κ2) is 16.1. The van der Waals surface area contributed by atoms with E-state index in [-0.39, 0.29) is 32.3 Å². The molecule has 0 spiro atoms. The highest BCUT2D eigenvalue weighted by molar-refractivity contribution is 6.08. The van der Waals surface area contributed by atoms with Crippen molar-refractivity contribution in [2.45, 2.75) is 39.3 Å². The minimum absolute atomic E-state index is 0.0826. The van der Waals surface area contributed by atoms with Crippen LogP contribution in [0.3, 0.4) is 0 Å². The van der Waals surface area contributed by atoms with Crippen LogP contribution in [0.2, 0.25) is 0 Å². The summed E-state index contributed by atoms with van der Waals surface area (Å²) >= 11 is 0. The van der Waals surface area contributed by atoms with Crippen molar-refractivity contribution in [3.63, 3.8) is 0 Å². The summed E-state index contributed by atoms with van der Waals surface area (Å²) in [6, 6.07) is 18.3. The normalized spacial score (nSPS) is 13.6. The molecule has 1 unspecified atom stereocenters. The lowest BCUT2D eigenvalue weighted by Crippen LogP contribution is -2.29. The quantitative estimate of drug-likeness (QED) is 0.102. The van der Waals surface area contributed by atoms with Gasteiger partial charge in [-0.15, -0.1) is 0 Å². The van der Waals surface area contributed by atoms with Crippen LogP contribution in [0.25, 0.3) is 11.3 Å². The number of amides is 2. The van der Waals surface area contributed by atoms with E-state index in [2.05, 4.69) is 50.7 Å². The summed E-state index contributed by atoms with van der Waals surface area (Å²) < 4.78 is 5.19. The first-order valence-electron chi connectivity index (χ1n) is 15.9. The molecule has 1 atom stereocenters. The van der Waals surface area contributed by atoms with Crippen molar-refractivity contribution in [1.29, 1.82) is 0 Å². The summed E-state index contributed by atoms with van der Waals surface area (Å²) in [7, 11) is 0. The number of carbonyl (C=O) groups excluding carboxylic acids is 2. The zero-order valence-electron chi connectivity index (χ0n) is 26.8. The monoisotopic (exact) mass is 638 g/mol. The van der Waals surface area contributed by atoms with E-state index in [9.17, 15) is 14.7 Å². The maximum Gasteiger partial charge on any atom is 0.259 e. The van der Waals surface area contributed by atoms with Crippen LogP contribution in [0.4, 0.5) is 17.2 Å². The maximum absolute atomic E-state index is 13.7. The second-order valence-corrected chi connectivity index (χ2v) is 11.6. The zero-order valence-corrected chi connectivity index (χ0v) is 26.8. The van der Waals surface area contributed by atoms with Gasteiger partial charge in [-0.1, -0.05) is 24.3 Å². The van der Waals surface area contributed by atoms with Crippen LogP contribution in [0.5, 0.6) is 0 Å². The Morgan fingerprint density at radius 1 is 0.915 bits per heavy atom. The summed E-state index contributed by atoms with van der Waals surface area (Å²) in [5.74, 6) is -0.413. The fourth-order valence-electron chi connectivity index (χ4n) is 5.41. The van der Waals surface area contributed by atoms with Crippen molar-refractivity contribution in [2.24, 2.45) is 0 Å². The van der Waals surface area contributed by atoms with Crippen LogP contribution in [0, 0.1) is 13.8 Å². The van der Waals surface area contributed by atoms with Crippen molar-refractivity contribution in [2.75, 3.05) is 55.0 Å². The van der Waals surface area contributed by atoms with Gasteiger partial charge < -0.3 is 35.8 Å². The van der Waals surface area contributed by atoms with Gasteiger partial charge in [0.25, 0.3) is 11.8 Å². The number of aliphatic hydroxyl groups excluding tert-OH is 2. The first kappa shape index (κ1) is 33.5. The molecule has 0 aliphatic carbocycles. The van der Waals surface area contributed by atoms with Gasteiger partial charge in [0.1, 0.15) is 0 Å². The first-order chi connectivity index (χ1) is 22.8. The predicted molar refractivity (Wildman–Crippen MR) is 183 cm³/mol. The molecule has 4 aromatic rings. The Kier molecular flexibility index (Phi) is 11.5. The number of ether oxygens (including phenoxy) is 1. The third-order valence-corrected chi connectivity index (χ3v) is 8.19. The van der Waals surface area contributed by atoms with Gasteiger partial charge in [0, 0.05) is 47.7 Å². The van der Waals surface area contributed by atoms with Crippen LogP contribution >= 0.6 is 0 Å². The van der Waals surface area contributed by atoms with Crippen LogP contribution in [-0.2, 0) is 4.74 Å². The van der Waals surface area contributed by atoms with Crippen molar-refractivity contribution >= 4 is 29.0 Å². The molecule has 2 heterocycles. The SMILES string of the molecule is Cc1ccc(-c2cnc(NC(=O)c3cc(N4CCCCC4)ccc3NC(O)c3cccc(C(=O)NCCOCCO)c3)cn2)cc1C. The van der Waals surface area contributed by atoms with Crippen molar-refractivity contribution in [1.82, 2.24) is 15.3 Å². The Labute approximate surface area is 275 Å². The highest BCUT2D eigenvalue weighted by Crippen LogP contribution is 2.29. The van der Waals surface area contributed by atoms with Crippen molar-refractivity contribution in [3.8, 4) is 11.3 Å². The number of carbonyl (C=O) groups is 2. The molecule has 5 N–H and O–H groups in total. The maximum atomic E-state index is 13.7. The molecule has 0 bridgehead atoms. The Balaban J connectivity index is 1.33. The van der Waals surface area contributed by atoms with Gasteiger partial charge in [0.15, 0.2) is 12.0 Å². The van der Waals surface area contributed by atoms with Gasteiger partial charge >= 0.3 is 0 Å². The summed E-state index contributed by atoms with van der Waals surface area (Å²) in [5, 5.41) is 28.7. The lowest BCUT2D eigenvalue weighted by atomic mass is 10.0. The number of hydrogen-bond donors (Lipinski definition) is 5. The number of nitrogens with one attached hydrogen (secondary N) is 3. The van der Waals surface area contributed by atoms with Gasteiger partial charge in [-0.2, -0.15) is 0 Å². The fraction of sp³-hybridized carbons (Fsp3) is 0.333. The molecule has 2 amide bonds. The highest BCUT2D eigenvalue weighted by Gasteiger charge is 2.20. The number of anilines is 3. The van der Waals surface area contributed by atoms with Crippen molar-refractivity contribution < 1.29 is 24.5 Å². The predicted octanol–water partition coefficient (Wildman–Crippen LogP) is 4.84. The molecule has 5 rings (SSSR count). The number of aryl methyl sites for hydroxylation is 2. The lowest BCUT2D eigenvalue weighted by Gasteiger charge is -2.29. The topological polar surface area (TPSA) is 149 Å². The minimum atomic E-state index is -1.21. The molecule has 1 aliphatic rings. The van der Waals surface area contributed by atoms with E-state index >= 15 is 0 Å². The number of hydrogen-bond acceptors (Lipinski definition) is 9. The lowest BCUT2D eigenvalue weighted by molar-refractivity contribution is 0.0837. The van der Waals surface area contributed by atoms with E-state index in [1.54, 1.807) is 36.5 Å². The van der Waals surface area contributed by atoms with Gasteiger partial charge in [-0.25, -0.2) is 4.98 Å². The Morgan fingerprint density at radius 2 is 1.74 bits per heavy atom. The molecule has 1 aliphatic heterocycles. The summed E-state index contributed by atoms with van der Waals surface area (Å²) in [5.41, 5.74) is 6.51. The van der Waals surface area contributed by atoms with E-state index in [0.717, 1.165) is 42.7 Å². The average Bonchev–Trinajstić information content (AvgIpc) is 3.10. The number of aliphatic hydroxyl groups is 2. The summed E-state index contributed by atoms with van der Waals surface area (Å²) in [4.78, 5) is 37.6. The molecule has 11 nitrogen and oxygen atoms in total. The Hall–Kier alpha value is -4.84. The summed E-state index contributed by atoms with van der Waals surface area (Å²) in [6.07, 6.45) is 5.32. The van der Waals surface area contributed by atoms with Gasteiger partial charge in [-0.3, -0.25) is 14.6 Å². The smallest absolute Gasteiger partial charge is 0.259 e. The molecule has 1 aromatic heterocycles. The first-order valence-corrected chi connectivity index (χ1v) is 15.9. The zero-order chi connectivity index (χ0) is 33.2. The molecule has 0 radical (unpaired) electrons. The second-order valence-electron chi connectivity index (χ2n) is 11.6. The molecule has 0 saturated carbocycles. The number of piperidine rings is 1. The van der Waals surface area contributed by atoms with Gasteiger partial charge in [-0.05, 0) is 80.6 Å². The molecule has 3 aromatic carbocycles. The largest absolute Gasteiger partial charge is 0.394 e. The summed E-state index contributed by atoms with van der Waals surface area (Å²) in [6.45, 7) is 6.60. The highest BCUT2D eigenvalue weighted by atomic mass is 16.5.